The predicted molar refractivity (Wildman–Crippen MR) is 140 cm³/mol. The molecular weight excluding hydrogens is 499 g/mol. The monoisotopic (exact) mass is 514 g/mol. The Kier molecular flexibility index (Phi) is 4.82. The van der Waals surface area contributed by atoms with Crippen LogP contribution >= 0.6 is 8.01 Å². The molecule has 37 heavy (non-hydrogen) atoms. The van der Waals surface area contributed by atoms with Gasteiger partial charge in [0.05, 0.1) is 5.30 Å². The predicted octanol–water partition coefficient (Wildman–Crippen LogP) is 10.3. The van der Waals surface area contributed by atoms with Gasteiger partial charge in [-0.25, -0.2) is 17.6 Å². The first-order valence-electron chi connectivity index (χ1n) is 11.5. The maximum Gasteiger partial charge on any atom is 0.253 e. The van der Waals surface area contributed by atoms with Crippen LogP contribution in [0.5, 0.6) is 0 Å². The van der Waals surface area contributed by atoms with Crippen LogP contribution in [-0.4, -0.2) is 0 Å². The molecule has 7 aromatic rings. The Morgan fingerprint density at radius 2 is 0.946 bits per heavy atom. The lowest BCUT2D eigenvalue weighted by Crippen LogP contribution is -1.98. The van der Waals surface area contributed by atoms with E-state index in [-0.39, 0.29) is 10.7 Å². The highest BCUT2D eigenvalue weighted by atomic mass is 31.1. The lowest BCUT2D eigenvalue weighted by atomic mass is 9.99. The molecule has 0 bridgehead atoms. The number of hydrogen-bond donors (Lipinski definition) is 0. The van der Waals surface area contributed by atoms with Crippen molar-refractivity contribution in [3.63, 3.8) is 0 Å². The Bertz CT molecular complexity index is 2000. The molecule has 180 valence electrons. The van der Waals surface area contributed by atoms with Gasteiger partial charge in [-0.1, -0.05) is 72.8 Å². The third-order valence-electron chi connectivity index (χ3n) is 6.67. The van der Waals surface area contributed by atoms with Gasteiger partial charge in [-0.2, -0.15) is 0 Å². The molecule has 0 saturated heterocycles. The Hall–Kier alpha value is -4.28. The standard InChI is InChI=1S/C30H15F4O2P/c31-27-20-10-5-11-23(26(20)28(32)30(34)29(27)33)37-35-21-14-12-16-6-1-3-8-18(16)24(21)25-19-9-4-2-7-17(19)13-15-22(25)36-37/h1-15H. The number of fused-ring (bicyclic) bond motifs is 8. The Morgan fingerprint density at radius 3 is 1.54 bits per heavy atom. The second-order valence-corrected chi connectivity index (χ2v) is 10.1. The molecule has 2 nitrogen and oxygen atoms in total. The first-order valence-corrected chi connectivity index (χ1v) is 12.7. The molecule has 0 aliphatic carbocycles. The molecule has 0 saturated carbocycles. The zero-order valence-electron chi connectivity index (χ0n) is 18.9. The van der Waals surface area contributed by atoms with Gasteiger partial charge in [0.15, 0.2) is 23.3 Å². The summed E-state index contributed by atoms with van der Waals surface area (Å²) in [4.78, 5) is 0. The lowest BCUT2D eigenvalue weighted by molar-refractivity contribution is 0.418. The number of halogens is 4. The van der Waals surface area contributed by atoms with E-state index in [2.05, 4.69) is 0 Å². The minimum Gasteiger partial charge on any atom is -0.416 e. The SMILES string of the molecule is Fc1c(F)c(F)c2c(-p3oc4ccc5ccccc5c4c4c(ccc5ccccc54)o3)cccc2c1F. The molecular formula is C30H15F4O2P. The van der Waals surface area contributed by atoms with E-state index < -0.39 is 36.7 Å². The Morgan fingerprint density at radius 1 is 0.432 bits per heavy atom. The van der Waals surface area contributed by atoms with Crippen LogP contribution in [0.4, 0.5) is 17.6 Å². The molecule has 7 rings (SSSR count). The fourth-order valence-electron chi connectivity index (χ4n) is 4.99. The summed E-state index contributed by atoms with van der Waals surface area (Å²) < 4.78 is 70.8. The molecule has 0 unspecified atom stereocenters. The van der Waals surface area contributed by atoms with Crippen LogP contribution in [0.3, 0.4) is 0 Å². The van der Waals surface area contributed by atoms with Gasteiger partial charge in [0.2, 0.25) is 0 Å². The van der Waals surface area contributed by atoms with Gasteiger partial charge in [-0.15, -0.1) is 0 Å². The minimum absolute atomic E-state index is 0.0999. The summed E-state index contributed by atoms with van der Waals surface area (Å²) in [6, 6.07) is 27.3. The molecule has 0 radical (unpaired) electrons. The molecule has 0 aliphatic rings. The molecule has 6 aromatic carbocycles. The molecule has 0 atom stereocenters. The van der Waals surface area contributed by atoms with Crippen LogP contribution in [0, 0.1) is 23.3 Å². The summed E-state index contributed by atoms with van der Waals surface area (Å²) in [7, 11) is -2.12. The normalized spacial score (nSPS) is 11.8. The quantitative estimate of drug-likeness (QED) is 0.124. The van der Waals surface area contributed by atoms with Gasteiger partial charge in [-0.3, -0.25) is 0 Å². The van der Waals surface area contributed by atoms with Crippen molar-refractivity contribution in [2.45, 2.75) is 0 Å². The van der Waals surface area contributed by atoms with Gasteiger partial charge in [0.1, 0.15) is 11.2 Å². The zero-order chi connectivity index (χ0) is 25.3. The molecule has 1 heterocycles. The average Bonchev–Trinajstić information content (AvgIpc) is 3.11. The maximum absolute atomic E-state index is 15.1. The van der Waals surface area contributed by atoms with Crippen molar-refractivity contribution >= 4 is 62.3 Å². The largest absolute Gasteiger partial charge is 0.416 e. The van der Waals surface area contributed by atoms with E-state index >= 15 is 4.39 Å². The number of rotatable bonds is 1. The summed E-state index contributed by atoms with van der Waals surface area (Å²) in [6.07, 6.45) is 0. The first-order chi connectivity index (χ1) is 18.0. The van der Waals surface area contributed by atoms with Crippen molar-refractivity contribution in [1.29, 1.82) is 0 Å². The first kappa shape index (κ1) is 22.0. The molecule has 0 amide bonds. The second kappa shape index (κ2) is 8.12. The highest BCUT2D eigenvalue weighted by Gasteiger charge is 2.24. The van der Waals surface area contributed by atoms with Gasteiger partial charge >= 0.3 is 0 Å². The third kappa shape index (κ3) is 3.19. The third-order valence-corrected chi connectivity index (χ3v) is 8.16. The smallest absolute Gasteiger partial charge is 0.253 e. The van der Waals surface area contributed by atoms with Crippen LogP contribution in [0.1, 0.15) is 0 Å². The van der Waals surface area contributed by atoms with E-state index in [1.807, 2.05) is 72.8 Å². The fraction of sp³-hybridized carbons (Fsp3) is 0. The minimum atomic E-state index is -2.12. The van der Waals surface area contributed by atoms with Crippen LogP contribution in [0.15, 0.2) is 99.4 Å². The van der Waals surface area contributed by atoms with E-state index in [0.29, 0.717) is 11.2 Å². The molecule has 0 N–H and O–H groups in total. The molecule has 7 heteroatoms. The van der Waals surface area contributed by atoms with Crippen molar-refractivity contribution in [2.24, 2.45) is 0 Å². The average molecular weight is 514 g/mol. The summed E-state index contributed by atoms with van der Waals surface area (Å²) in [5.41, 5.74) is 0.973. The molecule has 1 aromatic heterocycles. The van der Waals surface area contributed by atoms with Crippen LogP contribution in [-0.2, 0) is 0 Å². The van der Waals surface area contributed by atoms with Crippen molar-refractivity contribution in [1.82, 2.24) is 0 Å². The highest BCUT2D eigenvalue weighted by molar-refractivity contribution is 7.46. The number of hydrogen-bond acceptors (Lipinski definition) is 2. The Labute approximate surface area is 207 Å². The van der Waals surface area contributed by atoms with E-state index in [4.69, 9.17) is 8.39 Å². The van der Waals surface area contributed by atoms with Gasteiger partial charge in [-0.05, 0) is 39.7 Å². The summed E-state index contributed by atoms with van der Waals surface area (Å²) >= 11 is 0. The van der Waals surface area contributed by atoms with Gasteiger partial charge in [0, 0.05) is 21.5 Å². The summed E-state index contributed by atoms with van der Waals surface area (Å²) in [5.74, 6) is -6.68. The van der Waals surface area contributed by atoms with Gasteiger partial charge < -0.3 is 8.39 Å². The van der Waals surface area contributed by atoms with Crippen molar-refractivity contribution < 1.29 is 26.0 Å². The molecule has 0 aliphatic heterocycles. The van der Waals surface area contributed by atoms with Crippen LogP contribution in [0.2, 0.25) is 0 Å². The van der Waals surface area contributed by atoms with Gasteiger partial charge in [0.25, 0.3) is 8.01 Å². The van der Waals surface area contributed by atoms with Crippen molar-refractivity contribution in [3.05, 3.63) is 114 Å². The second-order valence-electron chi connectivity index (χ2n) is 8.71. The highest BCUT2D eigenvalue weighted by Crippen LogP contribution is 2.49. The van der Waals surface area contributed by atoms with Crippen molar-refractivity contribution in [2.75, 3.05) is 0 Å². The topological polar surface area (TPSA) is 26.3 Å². The van der Waals surface area contributed by atoms with Crippen LogP contribution < -0.4 is 0 Å². The van der Waals surface area contributed by atoms with Crippen molar-refractivity contribution in [3.8, 4) is 5.30 Å². The number of benzene rings is 6. The van der Waals surface area contributed by atoms with E-state index in [1.54, 1.807) is 0 Å². The summed E-state index contributed by atoms with van der Waals surface area (Å²) in [6.45, 7) is 0. The maximum atomic E-state index is 15.1. The molecule has 0 fully saturated rings. The molecule has 0 spiro atoms. The van der Waals surface area contributed by atoms with Crippen LogP contribution in [0.25, 0.3) is 59.6 Å². The Balaban J connectivity index is 1.73. The lowest BCUT2D eigenvalue weighted by Gasteiger charge is -2.08. The van der Waals surface area contributed by atoms with E-state index in [0.717, 1.165) is 32.3 Å². The fourth-order valence-corrected chi connectivity index (χ4v) is 6.50. The van der Waals surface area contributed by atoms with E-state index in [1.165, 1.54) is 18.2 Å². The van der Waals surface area contributed by atoms with E-state index in [9.17, 15) is 13.2 Å². The summed E-state index contributed by atoms with van der Waals surface area (Å²) in [5, 5.41) is 4.77. The zero-order valence-corrected chi connectivity index (χ0v) is 19.8.